The molecular weight excluding hydrogens is 324 g/mol. The summed E-state index contributed by atoms with van der Waals surface area (Å²) in [7, 11) is -3.10. The molecule has 1 aromatic carbocycles. The Labute approximate surface area is 142 Å². The summed E-state index contributed by atoms with van der Waals surface area (Å²) < 4.78 is 26.3. The van der Waals surface area contributed by atoms with Crippen molar-refractivity contribution < 1.29 is 13.2 Å². The van der Waals surface area contributed by atoms with Crippen LogP contribution in [-0.4, -0.2) is 47.9 Å². The monoisotopic (exact) mass is 346 g/mol. The third-order valence-electron chi connectivity index (χ3n) is 4.23. The molecule has 3 rings (SSSR count). The predicted octanol–water partition coefficient (Wildman–Crippen LogP) is 2.37. The molecule has 2 heterocycles. The van der Waals surface area contributed by atoms with Crippen LogP contribution in [0.2, 0.25) is 0 Å². The summed E-state index contributed by atoms with van der Waals surface area (Å²) in [5, 5.41) is -0.414. The van der Waals surface area contributed by atoms with E-state index in [2.05, 4.69) is 0 Å². The molecule has 2 aromatic rings. The molecule has 0 saturated carbocycles. The van der Waals surface area contributed by atoms with E-state index < -0.39 is 15.1 Å². The first-order chi connectivity index (χ1) is 11.4. The van der Waals surface area contributed by atoms with Gasteiger partial charge in [-0.05, 0) is 42.3 Å². The third-order valence-corrected chi connectivity index (χ3v) is 6.67. The fourth-order valence-electron chi connectivity index (χ4n) is 2.90. The van der Waals surface area contributed by atoms with E-state index in [4.69, 9.17) is 0 Å². The Kier molecular flexibility index (Phi) is 4.49. The first-order valence-electron chi connectivity index (χ1n) is 8.11. The number of carbonyl (C=O) groups excluding carboxylic acids is 1. The van der Waals surface area contributed by atoms with Crippen LogP contribution in [0, 0.1) is 5.92 Å². The van der Waals surface area contributed by atoms with Crippen LogP contribution in [-0.2, 0) is 9.84 Å². The van der Waals surface area contributed by atoms with E-state index in [1.165, 1.54) is 0 Å². The molecule has 1 aliphatic heterocycles. The summed E-state index contributed by atoms with van der Waals surface area (Å²) in [5.41, 5.74) is 1.57. The molecule has 1 aromatic heterocycles. The maximum Gasteiger partial charge on any atom is 0.253 e. The molecule has 1 amide bonds. The molecule has 6 heteroatoms. The van der Waals surface area contributed by atoms with E-state index in [0.29, 0.717) is 18.7 Å². The SMILES string of the molecule is CC(C)CS(=O)(=O)C1CN(C(=O)c2ccc(-n3cccc3)cc2)C1. The third kappa shape index (κ3) is 3.38. The molecule has 0 aliphatic carbocycles. The zero-order valence-corrected chi connectivity index (χ0v) is 14.7. The standard InChI is InChI=1S/C18H22N2O3S/c1-14(2)13-24(22,23)17-11-20(12-17)18(21)15-5-7-16(8-6-15)19-9-3-4-10-19/h3-10,14,17H,11-13H2,1-2H3. The smallest absolute Gasteiger partial charge is 0.253 e. The number of aromatic nitrogens is 1. The molecule has 1 aliphatic rings. The average molecular weight is 346 g/mol. The van der Waals surface area contributed by atoms with Crippen molar-refractivity contribution in [3.05, 3.63) is 54.4 Å². The summed E-state index contributed by atoms with van der Waals surface area (Å²) in [5.74, 6) is 0.191. The normalized spacial score (nSPS) is 15.5. The highest BCUT2D eigenvalue weighted by Crippen LogP contribution is 2.22. The molecule has 0 atom stereocenters. The maximum atomic E-state index is 12.4. The van der Waals surface area contributed by atoms with Crippen LogP contribution >= 0.6 is 0 Å². The number of amides is 1. The molecule has 5 nitrogen and oxygen atoms in total. The number of likely N-dealkylation sites (tertiary alicyclic amines) is 1. The van der Waals surface area contributed by atoms with Gasteiger partial charge in [-0.3, -0.25) is 4.79 Å². The molecule has 0 radical (unpaired) electrons. The van der Waals surface area contributed by atoms with Crippen LogP contribution in [0.25, 0.3) is 5.69 Å². The fourth-order valence-corrected chi connectivity index (χ4v) is 4.91. The Balaban J connectivity index is 1.63. The van der Waals surface area contributed by atoms with E-state index >= 15 is 0 Å². The van der Waals surface area contributed by atoms with Gasteiger partial charge in [-0.2, -0.15) is 0 Å². The van der Waals surface area contributed by atoms with Crippen molar-refractivity contribution in [1.29, 1.82) is 0 Å². The number of sulfone groups is 1. The van der Waals surface area contributed by atoms with Gasteiger partial charge in [0.1, 0.15) is 0 Å². The van der Waals surface area contributed by atoms with Gasteiger partial charge in [0.05, 0.1) is 11.0 Å². The Hall–Kier alpha value is -2.08. The van der Waals surface area contributed by atoms with Crippen molar-refractivity contribution in [2.45, 2.75) is 19.1 Å². The van der Waals surface area contributed by atoms with E-state index in [-0.39, 0.29) is 17.6 Å². The van der Waals surface area contributed by atoms with E-state index in [0.717, 1.165) is 5.69 Å². The van der Waals surface area contributed by atoms with Gasteiger partial charge in [0.25, 0.3) is 5.91 Å². The van der Waals surface area contributed by atoms with Crippen LogP contribution in [0.4, 0.5) is 0 Å². The van der Waals surface area contributed by atoms with Crippen LogP contribution in [0.15, 0.2) is 48.8 Å². The number of hydrogen-bond donors (Lipinski definition) is 0. The lowest BCUT2D eigenvalue weighted by Gasteiger charge is -2.39. The van der Waals surface area contributed by atoms with E-state index in [1.807, 2.05) is 55.1 Å². The topological polar surface area (TPSA) is 59.4 Å². The second kappa shape index (κ2) is 6.43. The van der Waals surface area contributed by atoms with E-state index in [1.54, 1.807) is 17.0 Å². The molecule has 1 fully saturated rings. The summed E-state index contributed by atoms with van der Waals surface area (Å²) in [6.07, 6.45) is 3.88. The summed E-state index contributed by atoms with van der Waals surface area (Å²) in [6.45, 7) is 4.39. The van der Waals surface area contributed by atoms with Crippen LogP contribution in [0.1, 0.15) is 24.2 Å². The van der Waals surface area contributed by atoms with Crippen molar-refractivity contribution in [3.8, 4) is 5.69 Å². The Bertz CT molecular complexity index is 802. The zero-order valence-electron chi connectivity index (χ0n) is 13.9. The van der Waals surface area contributed by atoms with Crippen LogP contribution in [0.3, 0.4) is 0 Å². The number of hydrogen-bond acceptors (Lipinski definition) is 3. The Morgan fingerprint density at radius 2 is 1.71 bits per heavy atom. The van der Waals surface area contributed by atoms with Gasteiger partial charge in [0, 0.05) is 36.7 Å². The molecular formula is C18H22N2O3S. The first kappa shape index (κ1) is 16.8. The highest BCUT2D eigenvalue weighted by Gasteiger charge is 2.39. The highest BCUT2D eigenvalue weighted by atomic mass is 32.2. The number of rotatable bonds is 5. The van der Waals surface area contributed by atoms with Gasteiger partial charge in [0.2, 0.25) is 0 Å². The van der Waals surface area contributed by atoms with Gasteiger partial charge in [-0.1, -0.05) is 13.8 Å². The van der Waals surface area contributed by atoms with Crippen LogP contribution in [0.5, 0.6) is 0 Å². The molecule has 0 bridgehead atoms. The minimum atomic E-state index is -3.10. The lowest BCUT2D eigenvalue weighted by Crippen LogP contribution is -2.57. The van der Waals surface area contributed by atoms with Gasteiger partial charge < -0.3 is 9.47 Å². The van der Waals surface area contributed by atoms with Crippen molar-refractivity contribution in [1.82, 2.24) is 9.47 Å². The van der Waals surface area contributed by atoms with Crippen molar-refractivity contribution in [2.24, 2.45) is 5.92 Å². The maximum absolute atomic E-state index is 12.4. The van der Waals surface area contributed by atoms with Crippen molar-refractivity contribution in [2.75, 3.05) is 18.8 Å². The molecule has 0 spiro atoms. The lowest BCUT2D eigenvalue weighted by atomic mass is 10.1. The second-order valence-corrected chi connectivity index (χ2v) is 9.02. The predicted molar refractivity (Wildman–Crippen MR) is 94.1 cm³/mol. The first-order valence-corrected chi connectivity index (χ1v) is 9.82. The Morgan fingerprint density at radius 3 is 2.25 bits per heavy atom. The zero-order chi connectivity index (χ0) is 17.3. The van der Waals surface area contributed by atoms with Crippen molar-refractivity contribution >= 4 is 15.7 Å². The van der Waals surface area contributed by atoms with Crippen LogP contribution < -0.4 is 0 Å². The van der Waals surface area contributed by atoms with E-state index in [9.17, 15) is 13.2 Å². The summed E-state index contributed by atoms with van der Waals surface area (Å²) in [6, 6.07) is 11.2. The lowest BCUT2D eigenvalue weighted by molar-refractivity contribution is 0.0659. The van der Waals surface area contributed by atoms with Gasteiger partial charge in [-0.15, -0.1) is 0 Å². The molecule has 24 heavy (non-hydrogen) atoms. The minimum Gasteiger partial charge on any atom is -0.336 e. The molecule has 0 N–H and O–H groups in total. The Morgan fingerprint density at radius 1 is 1.12 bits per heavy atom. The second-order valence-electron chi connectivity index (χ2n) is 6.69. The summed E-state index contributed by atoms with van der Waals surface area (Å²) >= 11 is 0. The number of carbonyl (C=O) groups is 1. The minimum absolute atomic E-state index is 0.106. The van der Waals surface area contributed by atoms with Crippen molar-refractivity contribution in [3.63, 3.8) is 0 Å². The average Bonchev–Trinajstić information content (AvgIpc) is 2.98. The largest absolute Gasteiger partial charge is 0.336 e. The summed E-state index contributed by atoms with van der Waals surface area (Å²) in [4.78, 5) is 14.0. The van der Waals surface area contributed by atoms with Gasteiger partial charge in [0.15, 0.2) is 9.84 Å². The molecule has 1 saturated heterocycles. The number of benzene rings is 1. The molecule has 0 unspecified atom stereocenters. The highest BCUT2D eigenvalue weighted by molar-refractivity contribution is 7.92. The fraction of sp³-hybridized carbons (Fsp3) is 0.389. The van der Waals surface area contributed by atoms with Gasteiger partial charge in [-0.25, -0.2) is 8.42 Å². The number of nitrogens with zero attached hydrogens (tertiary/aromatic N) is 2. The molecule has 128 valence electrons. The quantitative estimate of drug-likeness (QED) is 0.835. The van der Waals surface area contributed by atoms with Gasteiger partial charge >= 0.3 is 0 Å².